The van der Waals surface area contributed by atoms with Gasteiger partial charge in [0, 0.05) is 14.1 Å². The normalized spacial score (nSPS) is 11.3. The highest BCUT2D eigenvalue weighted by molar-refractivity contribution is 5.83. The lowest BCUT2D eigenvalue weighted by Crippen LogP contribution is -2.12. The number of rotatable bonds is 2. The number of imidazole rings is 2. The van der Waals surface area contributed by atoms with E-state index in [0.29, 0.717) is 16.8 Å². The molecule has 0 unspecified atom stereocenters. The van der Waals surface area contributed by atoms with Crippen LogP contribution >= 0.6 is 0 Å². The molecular formula is C12H11N9. The summed E-state index contributed by atoms with van der Waals surface area (Å²) >= 11 is 0. The van der Waals surface area contributed by atoms with Crippen LogP contribution in [0.15, 0.2) is 31.5 Å². The molecular weight excluding hydrogens is 270 g/mol. The van der Waals surface area contributed by atoms with Gasteiger partial charge in [0.2, 0.25) is 0 Å². The first-order chi connectivity index (χ1) is 10.3. The predicted molar refractivity (Wildman–Crippen MR) is 75.8 cm³/mol. The first-order valence-corrected chi connectivity index (χ1v) is 6.25. The molecule has 21 heavy (non-hydrogen) atoms. The average Bonchev–Trinajstić information content (AvgIpc) is 3.09. The number of nitrogens with zero attached hydrogens (tertiary/aromatic N) is 9. The Bertz CT molecular complexity index is 936. The molecule has 0 saturated carbocycles. The molecule has 0 N–H and O–H groups in total. The molecule has 9 nitrogen and oxygen atoms in total. The predicted octanol–water partition coefficient (Wildman–Crippen LogP) is 0.343. The SMILES string of the molecule is CN(C)c1ncnc2c1ncn2-n1cnc2cncnc21. The van der Waals surface area contributed by atoms with E-state index in [-0.39, 0.29) is 0 Å². The molecule has 0 aromatic carbocycles. The van der Waals surface area contributed by atoms with Gasteiger partial charge in [0.05, 0.1) is 6.20 Å². The molecule has 0 saturated heterocycles. The summed E-state index contributed by atoms with van der Waals surface area (Å²) < 4.78 is 3.56. The van der Waals surface area contributed by atoms with Crippen LogP contribution < -0.4 is 4.90 Å². The Morgan fingerprint density at radius 2 is 1.62 bits per heavy atom. The maximum atomic E-state index is 4.41. The molecule has 0 aliphatic rings. The molecule has 9 heteroatoms. The van der Waals surface area contributed by atoms with Crippen LogP contribution in [0.2, 0.25) is 0 Å². The Hall–Kier alpha value is -3.10. The molecule has 4 aromatic rings. The van der Waals surface area contributed by atoms with Gasteiger partial charge in [-0.1, -0.05) is 0 Å². The summed E-state index contributed by atoms with van der Waals surface area (Å²) in [6, 6.07) is 0. The highest BCUT2D eigenvalue weighted by atomic mass is 15.5. The van der Waals surface area contributed by atoms with Crippen LogP contribution in [0, 0.1) is 0 Å². The highest BCUT2D eigenvalue weighted by Crippen LogP contribution is 2.20. The monoisotopic (exact) mass is 281 g/mol. The van der Waals surface area contributed by atoms with Gasteiger partial charge in [-0.25, -0.2) is 39.3 Å². The third-order valence-electron chi connectivity index (χ3n) is 3.15. The Morgan fingerprint density at radius 1 is 0.857 bits per heavy atom. The van der Waals surface area contributed by atoms with E-state index in [1.807, 2.05) is 19.0 Å². The van der Waals surface area contributed by atoms with Crippen molar-refractivity contribution in [1.82, 2.24) is 39.3 Å². The fourth-order valence-corrected chi connectivity index (χ4v) is 2.21. The summed E-state index contributed by atoms with van der Waals surface area (Å²) in [5.41, 5.74) is 2.81. The fourth-order valence-electron chi connectivity index (χ4n) is 2.21. The van der Waals surface area contributed by atoms with Gasteiger partial charge in [-0.3, -0.25) is 0 Å². The van der Waals surface area contributed by atoms with Crippen LogP contribution in [-0.2, 0) is 0 Å². The van der Waals surface area contributed by atoms with Crippen molar-refractivity contribution < 1.29 is 0 Å². The molecule has 0 amide bonds. The van der Waals surface area contributed by atoms with E-state index >= 15 is 0 Å². The molecule has 0 aliphatic heterocycles. The van der Waals surface area contributed by atoms with E-state index in [0.717, 1.165) is 11.3 Å². The fraction of sp³-hybridized carbons (Fsp3) is 0.167. The Labute approximate surface area is 118 Å². The van der Waals surface area contributed by atoms with Crippen molar-refractivity contribution in [2.24, 2.45) is 0 Å². The molecule has 0 bridgehead atoms. The number of aromatic nitrogens is 8. The van der Waals surface area contributed by atoms with Gasteiger partial charge >= 0.3 is 0 Å². The highest BCUT2D eigenvalue weighted by Gasteiger charge is 2.14. The third kappa shape index (κ3) is 1.64. The summed E-state index contributed by atoms with van der Waals surface area (Å²) in [4.78, 5) is 27.4. The van der Waals surface area contributed by atoms with Crippen molar-refractivity contribution in [1.29, 1.82) is 0 Å². The summed E-state index contributed by atoms with van der Waals surface area (Å²) in [6.45, 7) is 0. The molecule has 4 aromatic heterocycles. The molecule has 0 radical (unpaired) electrons. The molecule has 4 heterocycles. The largest absolute Gasteiger partial charge is 0.361 e. The first-order valence-electron chi connectivity index (χ1n) is 6.25. The number of hydrogen-bond acceptors (Lipinski definition) is 7. The van der Waals surface area contributed by atoms with Crippen molar-refractivity contribution in [3.05, 3.63) is 31.5 Å². The van der Waals surface area contributed by atoms with E-state index in [2.05, 4.69) is 29.9 Å². The molecule has 0 fully saturated rings. The lowest BCUT2D eigenvalue weighted by atomic mass is 10.5. The maximum Gasteiger partial charge on any atom is 0.185 e. The minimum Gasteiger partial charge on any atom is -0.361 e. The van der Waals surface area contributed by atoms with Gasteiger partial charge in [0.25, 0.3) is 0 Å². The van der Waals surface area contributed by atoms with E-state index in [9.17, 15) is 0 Å². The number of anilines is 1. The molecule has 0 aliphatic carbocycles. The number of fused-ring (bicyclic) bond motifs is 2. The minimum absolute atomic E-state index is 0.687. The zero-order valence-corrected chi connectivity index (χ0v) is 11.4. The van der Waals surface area contributed by atoms with E-state index in [1.165, 1.54) is 12.7 Å². The van der Waals surface area contributed by atoms with Gasteiger partial charge in [0.15, 0.2) is 22.6 Å². The van der Waals surface area contributed by atoms with E-state index in [4.69, 9.17) is 0 Å². The van der Waals surface area contributed by atoms with Gasteiger partial charge in [-0.2, -0.15) is 0 Å². The summed E-state index contributed by atoms with van der Waals surface area (Å²) in [6.07, 6.45) is 8.01. The third-order valence-corrected chi connectivity index (χ3v) is 3.15. The smallest absolute Gasteiger partial charge is 0.185 e. The Balaban J connectivity index is 2.01. The Morgan fingerprint density at radius 3 is 2.48 bits per heavy atom. The molecule has 0 spiro atoms. The van der Waals surface area contributed by atoms with Crippen molar-refractivity contribution in [2.75, 3.05) is 19.0 Å². The Kier molecular flexibility index (Phi) is 2.34. The van der Waals surface area contributed by atoms with Crippen LogP contribution in [0.5, 0.6) is 0 Å². The second kappa shape index (κ2) is 4.20. The second-order valence-corrected chi connectivity index (χ2v) is 4.67. The van der Waals surface area contributed by atoms with Crippen LogP contribution in [0.25, 0.3) is 22.3 Å². The van der Waals surface area contributed by atoms with E-state index < -0.39 is 0 Å². The van der Waals surface area contributed by atoms with Crippen LogP contribution in [0.3, 0.4) is 0 Å². The van der Waals surface area contributed by atoms with E-state index in [1.54, 1.807) is 28.2 Å². The first kappa shape index (κ1) is 11.7. The lowest BCUT2D eigenvalue weighted by molar-refractivity contribution is 0.687. The quantitative estimate of drug-likeness (QED) is 0.523. The van der Waals surface area contributed by atoms with Gasteiger partial charge in [-0.05, 0) is 0 Å². The van der Waals surface area contributed by atoms with Crippen molar-refractivity contribution in [2.45, 2.75) is 0 Å². The maximum absolute atomic E-state index is 4.41. The molecule has 0 atom stereocenters. The van der Waals surface area contributed by atoms with Crippen LogP contribution in [0.1, 0.15) is 0 Å². The van der Waals surface area contributed by atoms with Crippen LogP contribution in [0.4, 0.5) is 5.82 Å². The summed E-state index contributed by atoms with van der Waals surface area (Å²) in [5.74, 6) is 0.762. The second-order valence-electron chi connectivity index (χ2n) is 4.67. The lowest BCUT2D eigenvalue weighted by Gasteiger charge is -2.11. The zero-order valence-electron chi connectivity index (χ0n) is 11.4. The number of hydrogen-bond donors (Lipinski definition) is 0. The standard InChI is InChI=1S/C12H11N9/c1-19(2)11-9-12(16-5-15-11)21(7-18-9)20-6-17-8-3-13-4-14-10(8)20/h3-7H,1-2H3. The van der Waals surface area contributed by atoms with Crippen LogP contribution in [-0.4, -0.2) is 53.4 Å². The van der Waals surface area contributed by atoms with Crippen molar-refractivity contribution >= 4 is 28.1 Å². The summed E-state index contributed by atoms with van der Waals surface area (Å²) in [7, 11) is 3.83. The van der Waals surface area contributed by atoms with Crippen molar-refractivity contribution in [3.63, 3.8) is 0 Å². The topological polar surface area (TPSA) is 90.4 Å². The molecule has 4 rings (SSSR count). The molecule has 104 valence electrons. The average molecular weight is 281 g/mol. The van der Waals surface area contributed by atoms with Crippen molar-refractivity contribution in [3.8, 4) is 0 Å². The van der Waals surface area contributed by atoms with Gasteiger partial charge < -0.3 is 4.90 Å². The minimum atomic E-state index is 0.687. The van der Waals surface area contributed by atoms with Gasteiger partial charge in [0.1, 0.15) is 30.8 Å². The zero-order chi connectivity index (χ0) is 14.4. The van der Waals surface area contributed by atoms with Gasteiger partial charge in [-0.15, -0.1) is 0 Å². The summed E-state index contributed by atoms with van der Waals surface area (Å²) in [5, 5.41) is 0.